The van der Waals surface area contributed by atoms with Crippen LogP contribution in [0.2, 0.25) is 0 Å². The Morgan fingerprint density at radius 2 is 1.64 bits per heavy atom. The molecule has 1 saturated heterocycles. The number of benzene rings is 1. The minimum atomic E-state index is -4.30. The zero-order valence-corrected chi connectivity index (χ0v) is 14.9. The Bertz CT molecular complexity index is 878. The molecule has 9 nitrogen and oxygen atoms in total. The minimum absolute atomic E-state index is 0.171. The first-order valence-corrected chi connectivity index (χ1v) is 10.4. The SMILES string of the molecule is Cc1ccc(S(=O)(=O)O[C@@H]2CS(=O)(=O)C[C@H]2C(C(N)=O)C(N)=O)cc1. The van der Waals surface area contributed by atoms with Gasteiger partial charge in [-0.25, -0.2) is 8.42 Å². The van der Waals surface area contributed by atoms with Crippen molar-refractivity contribution in [3.8, 4) is 0 Å². The highest BCUT2D eigenvalue weighted by Gasteiger charge is 2.48. The Balaban J connectivity index is 2.36. The number of primary amides is 2. The summed E-state index contributed by atoms with van der Waals surface area (Å²) in [7, 11) is -8.02. The zero-order valence-electron chi connectivity index (χ0n) is 13.3. The van der Waals surface area contributed by atoms with Crippen LogP contribution in [0, 0.1) is 18.8 Å². The molecule has 2 rings (SSSR count). The second-order valence-electron chi connectivity index (χ2n) is 5.93. The molecule has 0 radical (unpaired) electrons. The number of carbonyl (C=O) groups is 2. The van der Waals surface area contributed by atoms with Crippen LogP contribution in [0.25, 0.3) is 0 Å². The van der Waals surface area contributed by atoms with Gasteiger partial charge in [0.1, 0.15) is 5.92 Å². The molecule has 0 bridgehead atoms. The molecule has 0 spiro atoms. The molecule has 2 atom stereocenters. The van der Waals surface area contributed by atoms with Crippen molar-refractivity contribution in [3.05, 3.63) is 29.8 Å². The summed E-state index contributed by atoms with van der Waals surface area (Å²) < 4.78 is 53.5. The Labute approximate surface area is 145 Å². The molecular formula is C14H18N2O7S2. The molecule has 4 N–H and O–H groups in total. The lowest BCUT2D eigenvalue weighted by Gasteiger charge is -2.22. The lowest BCUT2D eigenvalue weighted by atomic mass is 9.89. The molecule has 1 fully saturated rings. The summed E-state index contributed by atoms with van der Waals surface area (Å²) in [5.41, 5.74) is 11.1. The Morgan fingerprint density at radius 3 is 2.12 bits per heavy atom. The molecule has 0 unspecified atom stereocenters. The standard InChI is InChI=1S/C14H18N2O7S2/c1-8-2-4-9(5-3-8)25(21,22)23-11-7-24(19,20)6-10(11)12(13(15)17)14(16)18/h2-5,10-12H,6-7H2,1H3,(H2,15,17)(H2,16,18)/t10-,11-/m1/s1. The van der Waals surface area contributed by atoms with Crippen LogP contribution in [0.3, 0.4) is 0 Å². The molecule has 25 heavy (non-hydrogen) atoms. The number of amides is 2. The number of sulfone groups is 1. The number of rotatable bonds is 6. The maximum absolute atomic E-state index is 12.4. The topological polar surface area (TPSA) is 164 Å². The maximum atomic E-state index is 12.4. The van der Waals surface area contributed by atoms with Gasteiger partial charge < -0.3 is 11.5 Å². The van der Waals surface area contributed by atoms with Gasteiger partial charge in [0.25, 0.3) is 10.1 Å². The number of carbonyl (C=O) groups excluding carboxylic acids is 2. The first-order valence-electron chi connectivity index (χ1n) is 7.22. The molecule has 11 heteroatoms. The van der Waals surface area contributed by atoms with Crippen LogP contribution in [-0.4, -0.2) is 46.3 Å². The smallest absolute Gasteiger partial charge is 0.297 e. The number of hydrogen-bond acceptors (Lipinski definition) is 7. The van der Waals surface area contributed by atoms with E-state index in [9.17, 15) is 26.4 Å². The quantitative estimate of drug-likeness (QED) is 0.450. The van der Waals surface area contributed by atoms with Gasteiger partial charge in [0.2, 0.25) is 11.8 Å². The molecule has 0 saturated carbocycles. The van der Waals surface area contributed by atoms with Crippen molar-refractivity contribution < 1.29 is 30.6 Å². The highest BCUT2D eigenvalue weighted by molar-refractivity contribution is 7.91. The molecule has 1 aliphatic rings. The van der Waals surface area contributed by atoms with Crippen molar-refractivity contribution in [2.75, 3.05) is 11.5 Å². The Morgan fingerprint density at radius 1 is 1.12 bits per heavy atom. The Kier molecular flexibility index (Phi) is 5.21. The van der Waals surface area contributed by atoms with Gasteiger partial charge in [-0.1, -0.05) is 17.7 Å². The van der Waals surface area contributed by atoms with Gasteiger partial charge in [-0.15, -0.1) is 0 Å². The third kappa shape index (κ3) is 4.35. The fourth-order valence-corrected chi connectivity index (χ4v) is 5.89. The highest BCUT2D eigenvalue weighted by atomic mass is 32.2. The van der Waals surface area contributed by atoms with E-state index in [1.165, 1.54) is 12.1 Å². The molecule has 0 aliphatic carbocycles. The van der Waals surface area contributed by atoms with Gasteiger partial charge in [0, 0.05) is 5.92 Å². The van der Waals surface area contributed by atoms with Crippen molar-refractivity contribution in [1.29, 1.82) is 0 Å². The fourth-order valence-electron chi connectivity index (χ4n) is 2.74. The molecule has 0 aromatic heterocycles. The summed E-state index contributed by atoms with van der Waals surface area (Å²) in [6.45, 7) is 1.77. The average molecular weight is 390 g/mol. The monoisotopic (exact) mass is 390 g/mol. The van der Waals surface area contributed by atoms with Gasteiger partial charge in [-0.05, 0) is 19.1 Å². The van der Waals surface area contributed by atoms with E-state index in [2.05, 4.69) is 0 Å². The summed E-state index contributed by atoms with van der Waals surface area (Å²) >= 11 is 0. The van der Waals surface area contributed by atoms with Crippen LogP contribution in [-0.2, 0) is 33.7 Å². The fraction of sp³-hybridized carbons (Fsp3) is 0.429. The van der Waals surface area contributed by atoms with Crippen LogP contribution in [0.1, 0.15) is 5.56 Å². The maximum Gasteiger partial charge on any atom is 0.297 e. The van der Waals surface area contributed by atoms with Crippen LogP contribution < -0.4 is 11.5 Å². The molecule has 2 amide bonds. The normalized spacial score (nSPS) is 22.8. The lowest BCUT2D eigenvalue weighted by Crippen LogP contribution is -2.45. The van der Waals surface area contributed by atoms with Crippen molar-refractivity contribution in [2.24, 2.45) is 23.3 Å². The van der Waals surface area contributed by atoms with Gasteiger partial charge in [0.05, 0.1) is 22.5 Å². The van der Waals surface area contributed by atoms with Crippen LogP contribution in [0.15, 0.2) is 29.2 Å². The van der Waals surface area contributed by atoms with E-state index < -0.39 is 61.2 Å². The van der Waals surface area contributed by atoms with Gasteiger partial charge >= 0.3 is 0 Å². The van der Waals surface area contributed by atoms with Crippen LogP contribution in [0.5, 0.6) is 0 Å². The van der Waals surface area contributed by atoms with Crippen molar-refractivity contribution in [3.63, 3.8) is 0 Å². The first-order chi connectivity index (χ1) is 11.4. The second kappa shape index (κ2) is 6.73. The number of hydrogen-bond donors (Lipinski definition) is 2. The minimum Gasteiger partial charge on any atom is -0.369 e. The second-order valence-corrected chi connectivity index (χ2v) is 9.65. The summed E-state index contributed by atoms with van der Waals surface area (Å²) in [6, 6.07) is 5.72. The third-order valence-corrected chi connectivity index (χ3v) is 7.02. The Hall–Kier alpha value is -1.98. The predicted molar refractivity (Wildman–Crippen MR) is 87.3 cm³/mol. The first kappa shape index (κ1) is 19.3. The van der Waals surface area contributed by atoms with E-state index in [1.54, 1.807) is 19.1 Å². The predicted octanol–water partition coefficient (Wildman–Crippen LogP) is -1.30. The van der Waals surface area contributed by atoms with Crippen molar-refractivity contribution in [2.45, 2.75) is 17.9 Å². The highest BCUT2D eigenvalue weighted by Crippen LogP contribution is 2.31. The number of aryl methyl sites for hydroxylation is 1. The van der Waals surface area contributed by atoms with E-state index in [0.29, 0.717) is 0 Å². The van der Waals surface area contributed by atoms with E-state index in [1.807, 2.05) is 0 Å². The molecule has 1 heterocycles. The zero-order chi connectivity index (χ0) is 19.0. The largest absolute Gasteiger partial charge is 0.369 e. The van der Waals surface area contributed by atoms with Crippen molar-refractivity contribution in [1.82, 2.24) is 0 Å². The lowest BCUT2D eigenvalue weighted by molar-refractivity contribution is -0.134. The molecule has 138 valence electrons. The van der Waals surface area contributed by atoms with Crippen molar-refractivity contribution >= 4 is 31.8 Å². The van der Waals surface area contributed by atoms with Crippen LogP contribution in [0.4, 0.5) is 0 Å². The van der Waals surface area contributed by atoms with E-state index in [0.717, 1.165) is 5.56 Å². The van der Waals surface area contributed by atoms with Gasteiger partial charge in [-0.3, -0.25) is 13.8 Å². The van der Waals surface area contributed by atoms with E-state index in [4.69, 9.17) is 15.7 Å². The summed E-state index contributed by atoms with van der Waals surface area (Å²) in [5, 5.41) is 0. The molecule has 1 aromatic carbocycles. The molecule has 1 aliphatic heterocycles. The van der Waals surface area contributed by atoms with E-state index >= 15 is 0 Å². The third-order valence-electron chi connectivity index (χ3n) is 3.94. The van der Waals surface area contributed by atoms with Gasteiger partial charge in [-0.2, -0.15) is 8.42 Å². The summed E-state index contributed by atoms with van der Waals surface area (Å²) in [6.07, 6.45) is -1.43. The van der Waals surface area contributed by atoms with E-state index in [-0.39, 0.29) is 4.90 Å². The summed E-state index contributed by atoms with van der Waals surface area (Å²) in [4.78, 5) is 22.8. The molecular weight excluding hydrogens is 372 g/mol. The van der Waals surface area contributed by atoms with Gasteiger partial charge in [0.15, 0.2) is 9.84 Å². The average Bonchev–Trinajstić information content (AvgIpc) is 2.72. The molecule has 1 aromatic rings. The number of nitrogens with two attached hydrogens (primary N) is 2. The summed E-state index contributed by atoms with van der Waals surface area (Å²) in [5.74, 6) is -6.43. The van der Waals surface area contributed by atoms with Crippen LogP contribution >= 0.6 is 0 Å².